The second-order valence-corrected chi connectivity index (χ2v) is 5.63. The van der Waals surface area contributed by atoms with Gasteiger partial charge in [-0.05, 0) is 41.9 Å². The third-order valence-corrected chi connectivity index (χ3v) is 4.09. The van der Waals surface area contributed by atoms with E-state index >= 15 is 0 Å². The van der Waals surface area contributed by atoms with E-state index in [4.69, 9.17) is 0 Å². The van der Waals surface area contributed by atoms with E-state index in [2.05, 4.69) is 16.5 Å². The lowest BCUT2D eigenvalue weighted by molar-refractivity contribution is 0.223. The van der Waals surface area contributed by atoms with E-state index in [1.54, 1.807) is 11.3 Å². The Morgan fingerprint density at radius 1 is 1.50 bits per heavy atom. The van der Waals surface area contributed by atoms with Crippen LogP contribution in [0.15, 0.2) is 11.4 Å². The summed E-state index contributed by atoms with van der Waals surface area (Å²) in [6.07, 6.45) is 1.34. The molecule has 86 valence electrons. The van der Waals surface area contributed by atoms with Crippen LogP contribution in [0, 0.1) is 6.92 Å². The number of aryl methyl sites for hydroxylation is 2. The van der Waals surface area contributed by atoms with Crippen LogP contribution in [0.3, 0.4) is 0 Å². The molecule has 2 rings (SSSR count). The van der Waals surface area contributed by atoms with Gasteiger partial charge in [0.1, 0.15) is 6.10 Å². The van der Waals surface area contributed by atoms with Gasteiger partial charge in [-0.25, -0.2) is 0 Å². The second-order valence-electron chi connectivity index (χ2n) is 3.73. The first-order chi connectivity index (χ1) is 7.72. The van der Waals surface area contributed by atoms with Gasteiger partial charge in [0.2, 0.25) is 0 Å². The van der Waals surface area contributed by atoms with Crippen LogP contribution in [0.2, 0.25) is 0 Å². The Morgan fingerprint density at radius 2 is 2.31 bits per heavy atom. The molecular weight excluding hydrogens is 240 g/mol. The first-order valence-corrected chi connectivity index (χ1v) is 6.92. The quantitative estimate of drug-likeness (QED) is 0.912. The molecule has 0 spiro atoms. The predicted molar refractivity (Wildman–Crippen MR) is 67.0 cm³/mol. The van der Waals surface area contributed by atoms with E-state index < -0.39 is 6.10 Å². The molecule has 16 heavy (non-hydrogen) atoms. The minimum Gasteiger partial charge on any atom is -0.383 e. The molecule has 0 aliphatic heterocycles. The van der Waals surface area contributed by atoms with Gasteiger partial charge < -0.3 is 5.11 Å². The number of aliphatic hydroxyl groups excluding tert-OH is 1. The highest BCUT2D eigenvalue weighted by molar-refractivity contribution is 7.10. The summed E-state index contributed by atoms with van der Waals surface area (Å²) >= 11 is 2.95. The zero-order valence-electron chi connectivity index (χ0n) is 9.30. The minimum absolute atomic E-state index is 0.563. The molecule has 3 nitrogen and oxygen atoms in total. The number of hydrogen-bond acceptors (Lipinski definition) is 5. The molecule has 0 saturated heterocycles. The molecule has 2 aromatic heterocycles. The van der Waals surface area contributed by atoms with Crippen molar-refractivity contribution in [2.24, 2.45) is 0 Å². The third kappa shape index (κ3) is 2.31. The Hall–Kier alpha value is -0.780. The van der Waals surface area contributed by atoms with Crippen LogP contribution >= 0.6 is 22.9 Å². The monoisotopic (exact) mass is 254 g/mol. The smallest absolute Gasteiger partial charge is 0.117 e. The van der Waals surface area contributed by atoms with Crippen LogP contribution in [0.25, 0.3) is 0 Å². The number of thiophene rings is 1. The summed E-state index contributed by atoms with van der Waals surface area (Å²) in [7, 11) is 0. The van der Waals surface area contributed by atoms with Crippen molar-refractivity contribution in [1.29, 1.82) is 0 Å². The van der Waals surface area contributed by atoms with Crippen molar-refractivity contribution in [3.8, 4) is 0 Å². The lowest BCUT2D eigenvalue weighted by Crippen LogP contribution is -2.00. The molecule has 0 bridgehead atoms. The van der Waals surface area contributed by atoms with Crippen molar-refractivity contribution in [2.75, 3.05) is 0 Å². The van der Waals surface area contributed by atoms with Crippen LogP contribution in [0.4, 0.5) is 0 Å². The molecular formula is C11H14N2OS2. The van der Waals surface area contributed by atoms with Crippen LogP contribution in [-0.2, 0) is 6.42 Å². The molecule has 0 aliphatic rings. The van der Waals surface area contributed by atoms with Crippen molar-refractivity contribution >= 4 is 22.9 Å². The molecule has 1 N–H and O–H groups in total. The SMILES string of the molecule is CCCc1nnsc1C(O)c1csc(C)c1. The zero-order valence-corrected chi connectivity index (χ0v) is 10.9. The van der Waals surface area contributed by atoms with Gasteiger partial charge in [-0.15, -0.1) is 16.4 Å². The largest absolute Gasteiger partial charge is 0.383 e. The number of hydrogen-bond donors (Lipinski definition) is 1. The molecule has 0 amide bonds. The lowest BCUT2D eigenvalue weighted by Gasteiger charge is -2.07. The number of aliphatic hydroxyl groups is 1. The van der Waals surface area contributed by atoms with Crippen LogP contribution in [-0.4, -0.2) is 14.7 Å². The molecule has 0 aliphatic carbocycles. The van der Waals surface area contributed by atoms with Gasteiger partial charge in [0.15, 0.2) is 0 Å². The highest BCUT2D eigenvalue weighted by Crippen LogP contribution is 2.30. The molecule has 0 radical (unpaired) electrons. The summed E-state index contributed by atoms with van der Waals surface area (Å²) in [5, 5.41) is 16.3. The summed E-state index contributed by atoms with van der Waals surface area (Å²) in [5.74, 6) is 0. The Kier molecular flexibility index (Phi) is 3.68. The summed E-state index contributed by atoms with van der Waals surface area (Å²) < 4.78 is 3.93. The highest BCUT2D eigenvalue weighted by atomic mass is 32.1. The summed E-state index contributed by atoms with van der Waals surface area (Å²) in [5.41, 5.74) is 1.88. The van der Waals surface area contributed by atoms with Crippen molar-refractivity contribution in [3.63, 3.8) is 0 Å². The van der Waals surface area contributed by atoms with Gasteiger partial charge in [0, 0.05) is 4.88 Å². The average molecular weight is 254 g/mol. The molecule has 1 atom stereocenters. The maximum atomic E-state index is 10.2. The van der Waals surface area contributed by atoms with Gasteiger partial charge in [0.05, 0.1) is 10.6 Å². The second kappa shape index (κ2) is 5.03. The van der Waals surface area contributed by atoms with Crippen LogP contribution in [0.5, 0.6) is 0 Å². The maximum Gasteiger partial charge on any atom is 0.117 e. The lowest BCUT2D eigenvalue weighted by atomic mass is 10.1. The van der Waals surface area contributed by atoms with E-state index in [0.29, 0.717) is 0 Å². The summed E-state index contributed by atoms with van der Waals surface area (Å²) in [4.78, 5) is 2.10. The average Bonchev–Trinajstić information content (AvgIpc) is 2.87. The summed E-state index contributed by atoms with van der Waals surface area (Å²) in [6, 6.07) is 2.02. The Labute approximate surface area is 103 Å². The van der Waals surface area contributed by atoms with E-state index in [-0.39, 0.29) is 0 Å². The van der Waals surface area contributed by atoms with E-state index in [0.717, 1.165) is 29.0 Å². The van der Waals surface area contributed by atoms with Crippen molar-refractivity contribution in [1.82, 2.24) is 9.59 Å². The van der Waals surface area contributed by atoms with E-state index in [1.807, 2.05) is 18.4 Å². The standard InChI is InChI=1S/C11H14N2OS2/c1-3-4-9-11(16-13-12-9)10(14)8-5-7(2)15-6-8/h5-6,10,14H,3-4H2,1-2H3. The number of aromatic nitrogens is 2. The topological polar surface area (TPSA) is 46.0 Å². The molecule has 2 heterocycles. The van der Waals surface area contributed by atoms with Gasteiger partial charge in [-0.2, -0.15) is 0 Å². The van der Waals surface area contributed by atoms with Gasteiger partial charge >= 0.3 is 0 Å². The van der Waals surface area contributed by atoms with Gasteiger partial charge in [0.25, 0.3) is 0 Å². The first kappa shape index (κ1) is 11.7. The van der Waals surface area contributed by atoms with Crippen molar-refractivity contribution in [2.45, 2.75) is 32.8 Å². The van der Waals surface area contributed by atoms with Gasteiger partial charge in [-0.3, -0.25) is 0 Å². The molecule has 1 unspecified atom stereocenters. The van der Waals surface area contributed by atoms with E-state index in [9.17, 15) is 5.11 Å². The fourth-order valence-electron chi connectivity index (χ4n) is 1.59. The minimum atomic E-state index is -0.563. The third-order valence-electron chi connectivity index (χ3n) is 2.39. The fourth-order valence-corrected chi connectivity index (χ4v) is 3.03. The van der Waals surface area contributed by atoms with Crippen molar-refractivity contribution in [3.05, 3.63) is 32.5 Å². The summed E-state index contributed by atoms with van der Waals surface area (Å²) in [6.45, 7) is 4.14. The molecule has 2 aromatic rings. The molecule has 5 heteroatoms. The first-order valence-electron chi connectivity index (χ1n) is 5.26. The van der Waals surface area contributed by atoms with Crippen LogP contribution < -0.4 is 0 Å². The normalized spacial score (nSPS) is 12.9. The molecule has 0 saturated carbocycles. The maximum absolute atomic E-state index is 10.2. The Bertz CT molecular complexity index is 464. The van der Waals surface area contributed by atoms with E-state index in [1.165, 1.54) is 16.4 Å². The van der Waals surface area contributed by atoms with Gasteiger partial charge in [-0.1, -0.05) is 17.8 Å². The number of rotatable bonds is 4. The Morgan fingerprint density at radius 3 is 2.94 bits per heavy atom. The zero-order chi connectivity index (χ0) is 11.5. The number of nitrogens with zero attached hydrogens (tertiary/aromatic N) is 2. The fraction of sp³-hybridized carbons (Fsp3) is 0.455. The molecule has 0 aromatic carbocycles. The van der Waals surface area contributed by atoms with Crippen molar-refractivity contribution < 1.29 is 5.11 Å². The highest BCUT2D eigenvalue weighted by Gasteiger charge is 2.18. The predicted octanol–water partition coefficient (Wildman–Crippen LogP) is 2.94. The Balaban J connectivity index is 2.26. The van der Waals surface area contributed by atoms with Crippen LogP contribution in [0.1, 0.15) is 40.5 Å². The molecule has 0 fully saturated rings.